The van der Waals surface area contributed by atoms with E-state index in [0.29, 0.717) is 5.69 Å². The van der Waals surface area contributed by atoms with Crippen LogP contribution in [0.2, 0.25) is 0 Å². The molecular weight excluding hydrogens is 323 g/mol. The van der Waals surface area contributed by atoms with Gasteiger partial charge >= 0.3 is 0 Å². The van der Waals surface area contributed by atoms with Gasteiger partial charge in [0.05, 0.1) is 11.9 Å². The van der Waals surface area contributed by atoms with Gasteiger partial charge < -0.3 is 4.74 Å². The molecule has 104 valence electrons. The van der Waals surface area contributed by atoms with Crippen molar-refractivity contribution in [2.45, 2.75) is 4.84 Å². The molecule has 0 aliphatic heterocycles. The average molecular weight is 332 g/mol. The third-order valence-electron chi connectivity index (χ3n) is 2.30. The number of halogens is 3. The number of aromatic nitrogens is 2. The molecule has 0 unspecified atom stereocenters. The van der Waals surface area contributed by atoms with E-state index < -0.39 is 10.1 Å². The van der Waals surface area contributed by atoms with Gasteiger partial charge in [0.15, 0.2) is 0 Å². The third-order valence-corrected chi connectivity index (χ3v) is 2.79. The van der Waals surface area contributed by atoms with Crippen molar-refractivity contribution in [1.82, 2.24) is 9.78 Å². The fraction of sp³-hybridized carbons (Fsp3) is 0.0769. The molecule has 0 aliphatic carbocycles. The van der Waals surface area contributed by atoms with Crippen LogP contribution in [0.3, 0.4) is 0 Å². The van der Waals surface area contributed by atoms with Gasteiger partial charge in [-0.1, -0.05) is 18.2 Å². The van der Waals surface area contributed by atoms with Crippen LogP contribution >= 0.6 is 34.8 Å². The van der Waals surface area contributed by atoms with Crippen molar-refractivity contribution in [3.63, 3.8) is 0 Å². The zero-order valence-corrected chi connectivity index (χ0v) is 12.3. The Balaban J connectivity index is 2.32. The second kappa shape index (κ2) is 6.79. The monoisotopic (exact) mass is 330 g/mol. The fourth-order valence-electron chi connectivity index (χ4n) is 1.49. The number of carbonyl (C=O) groups excluding carboxylic acids is 1. The van der Waals surface area contributed by atoms with Crippen LogP contribution in [0.4, 0.5) is 0 Å². The lowest BCUT2D eigenvalue weighted by Crippen LogP contribution is -2.04. The lowest BCUT2D eigenvalue weighted by Gasteiger charge is -2.02. The quantitative estimate of drug-likeness (QED) is 0.473. The molecule has 0 saturated heterocycles. The molecular formula is C13H9Cl3N2O2. The summed E-state index contributed by atoms with van der Waals surface area (Å²) in [6, 6.07) is 10.5. The number of rotatable bonds is 5. The van der Waals surface area contributed by atoms with Gasteiger partial charge in [-0.05, 0) is 29.8 Å². The average Bonchev–Trinajstić information content (AvgIpc) is 2.84. The Labute approximate surface area is 130 Å². The molecule has 2 aromatic rings. The van der Waals surface area contributed by atoms with E-state index in [2.05, 4.69) is 5.10 Å². The normalized spacial score (nSPS) is 11.2. The SMILES string of the molecule is O=C(Cl)c1cc(OC=CC(Cl)Cl)nn1-c1ccccc1. The highest BCUT2D eigenvalue weighted by atomic mass is 35.5. The summed E-state index contributed by atoms with van der Waals surface area (Å²) < 4.78 is 6.62. The van der Waals surface area contributed by atoms with Gasteiger partial charge in [0.2, 0.25) is 5.88 Å². The van der Waals surface area contributed by atoms with Gasteiger partial charge in [0, 0.05) is 6.07 Å². The summed E-state index contributed by atoms with van der Waals surface area (Å²) >= 11 is 16.6. The van der Waals surface area contributed by atoms with Crippen LogP contribution in [0.1, 0.15) is 10.5 Å². The Morgan fingerprint density at radius 1 is 1.30 bits per heavy atom. The van der Waals surface area contributed by atoms with Crippen molar-refractivity contribution in [3.05, 3.63) is 54.4 Å². The first-order valence-corrected chi connectivity index (χ1v) is 6.80. The van der Waals surface area contributed by atoms with Crippen LogP contribution < -0.4 is 4.74 Å². The van der Waals surface area contributed by atoms with Crippen LogP contribution in [0.15, 0.2) is 48.7 Å². The summed E-state index contributed by atoms with van der Waals surface area (Å²) in [5, 5.41) is 3.52. The first kappa shape index (κ1) is 14.9. The molecule has 2 rings (SSSR count). The number of para-hydroxylation sites is 1. The minimum absolute atomic E-state index is 0.203. The maximum atomic E-state index is 11.4. The van der Waals surface area contributed by atoms with Gasteiger partial charge in [-0.3, -0.25) is 4.79 Å². The van der Waals surface area contributed by atoms with Crippen LogP contribution in [0, 0.1) is 0 Å². The highest BCUT2D eigenvalue weighted by molar-refractivity contribution is 6.67. The summed E-state index contributed by atoms with van der Waals surface area (Å²) in [5.41, 5.74) is 0.900. The predicted octanol–water partition coefficient (Wildman–Crippen LogP) is 3.95. The first-order chi connectivity index (χ1) is 9.58. The number of carbonyl (C=O) groups is 1. The van der Waals surface area contributed by atoms with Crippen molar-refractivity contribution in [3.8, 4) is 11.6 Å². The van der Waals surface area contributed by atoms with Crippen LogP contribution in [0.25, 0.3) is 5.69 Å². The molecule has 0 radical (unpaired) electrons. The zero-order valence-electron chi connectivity index (χ0n) is 10.0. The summed E-state index contributed by atoms with van der Waals surface area (Å²) in [6.45, 7) is 0. The molecule has 1 aromatic heterocycles. The van der Waals surface area contributed by atoms with E-state index in [0.717, 1.165) is 0 Å². The number of allylic oxidation sites excluding steroid dienone is 1. The van der Waals surface area contributed by atoms with E-state index in [4.69, 9.17) is 39.5 Å². The number of benzene rings is 1. The number of hydrogen-bond acceptors (Lipinski definition) is 3. The van der Waals surface area contributed by atoms with Crippen molar-refractivity contribution < 1.29 is 9.53 Å². The zero-order chi connectivity index (χ0) is 14.5. The van der Waals surface area contributed by atoms with Crippen LogP contribution in [0.5, 0.6) is 5.88 Å². The Hall–Kier alpha value is -1.49. The van der Waals surface area contributed by atoms with Crippen molar-refractivity contribution >= 4 is 40.0 Å². The number of ether oxygens (including phenoxy) is 1. The number of nitrogens with zero attached hydrogens (tertiary/aromatic N) is 2. The maximum absolute atomic E-state index is 11.4. The smallest absolute Gasteiger partial charge is 0.271 e. The lowest BCUT2D eigenvalue weighted by molar-refractivity contribution is 0.107. The predicted molar refractivity (Wildman–Crippen MR) is 79.0 cm³/mol. The standard InChI is InChI=1S/C13H9Cl3N2O2/c14-11(15)6-7-20-12-8-10(13(16)19)18(17-12)9-4-2-1-3-5-9/h1-8,11H. The molecule has 0 amide bonds. The van der Waals surface area contributed by atoms with Crippen molar-refractivity contribution in [2.24, 2.45) is 0 Å². The van der Waals surface area contributed by atoms with Crippen LogP contribution in [-0.2, 0) is 0 Å². The summed E-state index contributed by atoms with van der Waals surface area (Å²) in [7, 11) is 0. The molecule has 0 atom stereocenters. The largest absolute Gasteiger partial charge is 0.446 e. The Bertz CT molecular complexity index is 624. The molecule has 4 nitrogen and oxygen atoms in total. The summed E-state index contributed by atoms with van der Waals surface area (Å²) in [4.78, 5) is 10.7. The highest BCUT2D eigenvalue weighted by Gasteiger charge is 2.15. The molecule has 0 bridgehead atoms. The minimum atomic E-state index is -0.680. The molecule has 0 fully saturated rings. The van der Waals surface area contributed by atoms with Gasteiger partial charge in [-0.25, -0.2) is 4.68 Å². The molecule has 0 N–H and O–H groups in total. The van der Waals surface area contributed by atoms with E-state index in [1.165, 1.54) is 23.1 Å². The third kappa shape index (κ3) is 3.76. The van der Waals surface area contributed by atoms with E-state index in [1.54, 1.807) is 12.1 Å². The number of alkyl halides is 2. The van der Waals surface area contributed by atoms with Gasteiger partial charge in [0.25, 0.3) is 5.24 Å². The van der Waals surface area contributed by atoms with Gasteiger partial charge in [0.1, 0.15) is 10.5 Å². The van der Waals surface area contributed by atoms with Gasteiger partial charge in [-0.15, -0.1) is 28.3 Å². The Morgan fingerprint density at radius 2 is 2.00 bits per heavy atom. The minimum Gasteiger partial charge on any atom is -0.446 e. The first-order valence-electron chi connectivity index (χ1n) is 5.54. The highest BCUT2D eigenvalue weighted by Crippen LogP contribution is 2.19. The topological polar surface area (TPSA) is 44.1 Å². The molecule has 0 spiro atoms. The van der Waals surface area contributed by atoms with Gasteiger partial charge in [-0.2, -0.15) is 0 Å². The van der Waals surface area contributed by atoms with Crippen LogP contribution in [-0.4, -0.2) is 19.9 Å². The summed E-state index contributed by atoms with van der Waals surface area (Å²) in [5.74, 6) is 0.211. The lowest BCUT2D eigenvalue weighted by atomic mass is 10.3. The van der Waals surface area contributed by atoms with Crippen molar-refractivity contribution in [1.29, 1.82) is 0 Å². The van der Waals surface area contributed by atoms with E-state index in [9.17, 15) is 4.79 Å². The molecule has 7 heteroatoms. The molecule has 20 heavy (non-hydrogen) atoms. The molecule has 1 aromatic carbocycles. The molecule has 0 saturated carbocycles. The molecule has 0 aliphatic rings. The Morgan fingerprint density at radius 3 is 2.60 bits per heavy atom. The fourth-order valence-corrected chi connectivity index (χ4v) is 1.74. The van der Waals surface area contributed by atoms with E-state index >= 15 is 0 Å². The van der Waals surface area contributed by atoms with Crippen molar-refractivity contribution in [2.75, 3.05) is 0 Å². The Kier molecular flexibility index (Phi) is 5.06. The molecule has 1 heterocycles. The number of hydrogen-bond donors (Lipinski definition) is 0. The van der Waals surface area contributed by atoms with E-state index in [1.807, 2.05) is 18.2 Å². The summed E-state index contributed by atoms with van der Waals surface area (Å²) in [6.07, 6.45) is 2.72. The van der Waals surface area contributed by atoms with E-state index in [-0.39, 0.29) is 11.6 Å². The maximum Gasteiger partial charge on any atom is 0.271 e. The second-order valence-electron chi connectivity index (χ2n) is 3.67. The second-order valence-corrected chi connectivity index (χ2v) is 5.18.